The van der Waals surface area contributed by atoms with Crippen LogP contribution in [0.25, 0.3) is 0 Å². The number of aromatic carboxylic acids is 1. The summed E-state index contributed by atoms with van der Waals surface area (Å²) in [5.41, 5.74) is 0.797. The highest BCUT2D eigenvalue weighted by atomic mass is 32.2. The average Bonchev–Trinajstić information content (AvgIpc) is 2.26. The topological polar surface area (TPSA) is 71.4 Å². The van der Waals surface area contributed by atoms with Crippen molar-refractivity contribution in [3.05, 3.63) is 35.4 Å². The normalized spacial score (nSPS) is 11.4. The van der Waals surface area contributed by atoms with Gasteiger partial charge in [0, 0.05) is 0 Å². The van der Waals surface area contributed by atoms with Crippen molar-refractivity contribution in [3.8, 4) is 0 Å². The van der Waals surface area contributed by atoms with Gasteiger partial charge in [0.25, 0.3) is 0 Å². The third kappa shape index (κ3) is 4.56. The highest BCUT2D eigenvalue weighted by Crippen LogP contribution is 2.10. The SMILES string of the molecule is CCCCS(=O)(=O)Cc1ccc(C(=O)O)cc1. The maximum absolute atomic E-state index is 11.7. The van der Waals surface area contributed by atoms with Crippen molar-refractivity contribution in [2.24, 2.45) is 0 Å². The van der Waals surface area contributed by atoms with Gasteiger partial charge in [-0.15, -0.1) is 0 Å². The summed E-state index contributed by atoms with van der Waals surface area (Å²) in [6.45, 7) is 1.94. The Morgan fingerprint density at radius 1 is 1.24 bits per heavy atom. The van der Waals surface area contributed by atoms with Crippen LogP contribution in [0.3, 0.4) is 0 Å². The monoisotopic (exact) mass is 256 g/mol. The number of benzene rings is 1. The summed E-state index contributed by atoms with van der Waals surface area (Å²) in [5, 5.41) is 8.71. The lowest BCUT2D eigenvalue weighted by Gasteiger charge is -2.04. The van der Waals surface area contributed by atoms with E-state index in [2.05, 4.69) is 0 Å². The summed E-state index contributed by atoms with van der Waals surface area (Å²) >= 11 is 0. The summed E-state index contributed by atoms with van der Waals surface area (Å²) in [4.78, 5) is 10.6. The predicted molar refractivity (Wildman–Crippen MR) is 65.8 cm³/mol. The molecule has 0 radical (unpaired) electrons. The van der Waals surface area contributed by atoms with E-state index >= 15 is 0 Å². The summed E-state index contributed by atoms with van der Waals surface area (Å²) < 4.78 is 23.3. The minimum atomic E-state index is -3.08. The minimum Gasteiger partial charge on any atom is -0.478 e. The number of unbranched alkanes of at least 4 members (excludes halogenated alkanes) is 1. The lowest BCUT2D eigenvalue weighted by atomic mass is 10.1. The molecule has 1 rings (SSSR count). The van der Waals surface area contributed by atoms with Gasteiger partial charge in [-0.3, -0.25) is 0 Å². The Labute approximate surface area is 101 Å². The molecule has 5 heteroatoms. The van der Waals surface area contributed by atoms with Gasteiger partial charge in [-0.2, -0.15) is 0 Å². The van der Waals surface area contributed by atoms with Crippen molar-refractivity contribution < 1.29 is 18.3 Å². The van der Waals surface area contributed by atoms with Crippen LogP contribution < -0.4 is 0 Å². The first-order valence-electron chi connectivity index (χ1n) is 5.47. The molecule has 1 aromatic rings. The average molecular weight is 256 g/mol. The molecule has 0 heterocycles. The predicted octanol–water partition coefficient (Wildman–Crippen LogP) is 2.10. The zero-order chi connectivity index (χ0) is 12.9. The second-order valence-electron chi connectivity index (χ2n) is 3.95. The van der Waals surface area contributed by atoms with Crippen LogP contribution in [-0.2, 0) is 15.6 Å². The first-order valence-corrected chi connectivity index (χ1v) is 7.29. The zero-order valence-electron chi connectivity index (χ0n) is 9.72. The van der Waals surface area contributed by atoms with E-state index in [0.29, 0.717) is 12.0 Å². The first kappa shape index (κ1) is 13.7. The van der Waals surface area contributed by atoms with E-state index in [1.807, 2.05) is 6.92 Å². The van der Waals surface area contributed by atoms with Crippen molar-refractivity contribution in [2.45, 2.75) is 25.5 Å². The quantitative estimate of drug-likeness (QED) is 0.846. The van der Waals surface area contributed by atoms with Crippen molar-refractivity contribution in [1.29, 1.82) is 0 Å². The van der Waals surface area contributed by atoms with Crippen LogP contribution in [0.1, 0.15) is 35.7 Å². The molecule has 0 fully saturated rings. The van der Waals surface area contributed by atoms with E-state index < -0.39 is 15.8 Å². The maximum atomic E-state index is 11.7. The minimum absolute atomic E-state index is 0.0209. The van der Waals surface area contributed by atoms with Gasteiger partial charge in [-0.05, 0) is 24.1 Å². The maximum Gasteiger partial charge on any atom is 0.335 e. The molecule has 1 aromatic carbocycles. The van der Waals surface area contributed by atoms with E-state index in [-0.39, 0.29) is 17.1 Å². The molecule has 0 spiro atoms. The number of hydrogen-bond donors (Lipinski definition) is 1. The first-order chi connectivity index (χ1) is 7.94. The van der Waals surface area contributed by atoms with E-state index in [1.54, 1.807) is 12.1 Å². The van der Waals surface area contributed by atoms with E-state index in [4.69, 9.17) is 5.11 Å². The van der Waals surface area contributed by atoms with E-state index in [1.165, 1.54) is 12.1 Å². The fourth-order valence-corrected chi connectivity index (χ4v) is 3.01. The Balaban J connectivity index is 2.72. The Hall–Kier alpha value is -1.36. The van der Waals surface area contributed by atoms with Gasteiger partial charge in [0.2, 0.25) is 0 Å². The van der Waals surface area contributed by atoms with Crippen molar-refractivity contribution in [3.63, 3.8) is 0 Å². The molecule has 0 aliphatic rings. The Kier molecular flexibility index (Phi) is 4.69. The molecule has 1 N–H and O–H groups in total. The van der Waals surface area contributed by atoms with Crippen molar-refractivity contribution >= 4 is 15.8 Å². The van der Waals surface area contributed by atoms with Crippen molar-refractivity contribution in [2.75, 3.05) is 5.75 Å². The third-order valence-electron chi connectivity index (χ3n) is 2.40. The number of rotatable bonds is 6. The van der Waals surface area contributed by atoms with Gasteiger partial charge in [-0.1, -0.05) is 25.5 Å². The van der Waals surface area contributed by atoms with E-state index in [0.717, 1.165) is 6.42 Å². The fraction of sp³-hybridized carbons (Fsp3) is 0.417. The molecule has 0 aliphatic heterocycles. The fourth-order valence-electron chi connectivity index (χ4n) is 1.43. The highest BCUT2D eigenvalue weighted by molar-refractivity contribution is 7.90. The molecule has 0 bridgehead atoms. The van der Waals surface area contributed by atoms with Crippen LogP contribution in [0.4, 0.5) is 0 Å². The molecule has 0 aliphatic carbocycles. The van der Waals surface area contributed by atoms with Crippen molar-refractivity contribution in [1.82, 2.24) is 0 Å². The third-order valence-corrected chi connectivity index (χ3v) is 4.08. The molecule has 0 amide bonds. The molecule has 17 heavy (non-hydrogen) atoms. The summed E-state index contributed by atoms with van der Waals surface area (Å²) in [6, 6.07) is 5.94. The van der Waals surface area contributed by atoms with Gasteiger partial charge < -0.3 is 5.11 Å². The summed E-state index contributed by atoms with van der Waals surface area (Å²) in [5.74, 6) is -0.845. The molecule has 0 saturated carbocycles. The largest absolute Gasteiger partial charge is 0.478 e. The number of carboxylic acid groups (broad SMARTS) is 1. The molecular formula is C12H16O4S. The van der Waals surface area contributed by atoms with Crippen LogP contribution in [0.5, 0.6) is 0 Å². The van der Waals surface area contributed by atoms with Crippen LogP contribution in [-0.4, -0.2) is 25.2 Å². The number of sulfone groups is 1. The lowest BCUT2D eigenvalue weighted by molar-refractivity contribution is 0.0697. The van der Waals surface area contributed by atoms with Crippen LogP contribution in [0.15, 0.2) is 24.3 Å². The van der Waals surface area contributed by atoms with Gasteiger partial charge in [-0.25, -0.2) is 13.2 Å². The second-order valence-corrected chi connectivity index (χ2v) is 6.13. The Bertz CT molecular complexity index is 474. The molecule has 0 unspecified atom stereocenters. The van der Waals surface area contributed by atoms with Crippen LogP contribution >= 0.6 is 0 Å². The molecule has 94 valence electrons. The summed E-state index contributed by atoms with van der Waals surface area (Å²) in [6.07, 6.45) is 1.51. The molecule has 0 atom stereocenters. The van der Waals surface area contributed by atoms with Gasteiger partial charge >= 0.3 is 5.97 Å². The van der Waals surface area contributed by atoms with Crippen LogP contribution in [0, 0.1) is 0 Å². The van der Waals surface area contributed by atoms with Gasteiger partial charge in [0.15, 0.2) is 9.84 Å². The molecular weight excluding hydrogens is 240 g/mol. The van der Waals surface area contributed by atoms with E-state index in [9.17, 15) is 13.2 Å². The standard InChI is InChI=1S/C12H16O4S/c1-2-3-8-17(15,16)9-10-4-6-11(7-5-10)12(13)14/h4-7H,2-3,8-9H2,1H3,(H,13,14). The zero-order valence-corrected chi connectivity index (χ0v) is 10.5. The molecule has 0 aromatic heterocycles. The smallest absolute Gasteiger partial charge is 0.335 e. The number of hydrogen-bond acceptors (Lipinski definition) is 3. The van der Waals surface area contributed by atoms with Gasteiger partial charge in [0.1, 0.15) is 0 Å². The highest BCUT2D eigenvalue weighted by Gasteiger charge is 2.11. The number of carboxylic acids is 1. The second kappa shape index (κ2) is 5.82. The Morgan fingerprint density at radius 3 is 2.29 bits per heavy atom. The molecule has 4 nitrogen and oxygen atoms in total. The van der Waals surface area contributed by atoms with Crippen LogP contribution in [0.2, 0.25) is 0 Å². The number of carbonyl (C=O) groups is 1. The van der Waals surface area contributed by atoms with Gasteiger partial charge in [0.05, 0.1) is 17.1 Å². The Morgan fingerprint density at radius 2 is 1.82 bits per heavy atom. The lowest BCUT2D eigenvalue weighted by Crippen LogP contribution is -2.09. The summed E-state index contributed by atoms with van der Waals surface area (Å²) in [7, 11) is -3.08. The molecule has 0 saturated heterocycles.